The smallest absolute Gasteiger partial charge is 0.407 e. The molecule has 1 saturated heterocycles. The minimum absolute atomic E-state index is 0.127. The molecule has 1 aliphatic heterocycles. The van der Waals surface area contributed by atoms with Gasteiger partial charge in [-0.15, -0.1) is 0 Å². The maximum absolute atomic E-state index is 13.2. The highest BCUT2D eigenvalue weighted by Crippen LogP contribution is 2.27. The van der Waals surface area contributed by atoms with Gasteiger partial charge in [-0.05, 0) is 38.8 Å². The van der Waals surface area contributed by atoms with E-state index in [0.717, 1.165) is 14.6 Å². The van der Waals surface area contributed by atoms with Crippen LogP contribution >= 0.6 is 15.9 Å². The molecule has 0 radical (unpaired) electrons. The molecule has 182 valence electrons. The Morgan fingerprint density at radius 1 is 1.21 bits per heavy atom. The summed E-state index contributed by atoms with van der Waals surface area (Å²) >= 11 is 3.59. The van der Waals surface area contributed by atoms with Crippen LogP contribution in [0, 0.1) is 0 Å². The van der Waals surface area contributed by atoms with E-state index >= 15 is 0 Å². The Morgan fingerprint density at radius 3 is 2.59 bits per heavy atom. The fourth-order valence-electron chi connectivity index (χ4n) is 4.16. The summed E-state index contributed by atoms with van der Waals surface area (Å²) in [6, 6.07) is 7.65. The van der Waals surface area contributed by atoms with Crippen LogP contribution in [-0.4, -0.2) is 49.5 Å². The molecule has 4 rings (SSSR count). The van der Waals surface area contributed by atoms with Gasteiger partial charge in [-0.2, -0.15) is 4.98 Å². The van der Waals surface area contributed by atoms with Gasteiger partial charge in [0.05, 0.1) is 12.6 Å². The summed E-state index contributed by atoms with van der Waals surface area (Å²) in [4.78, 5) is 44.7. The number of carbonyl (C=O) groups is 1. The Labute approximate surface area is 205 Å². The monoisotopic (exact) mass is 532 g/mol. The number of halogens is 1. The number of carbonyl (C=O) groups excluding carboxylic acids is 1. The zero-order valence-corrected chi connectivity index (χ0v) is 21.5. The number of hydrogen-bond acceptors (Lipinski definition) is 6. The molecule has 1 atom stereocenters. The Kier molecular flexibility index (Phi) is 6.32. The van der Waals surface area contributed by atoms with Crippen LogP contribution in [0.4, 0.5) is 10.7 Å². The fourth-order valence-corrected chi connectivity index (χ4v) is 4.57. The van der Waals surface area contributed by atoms with Gasteiger partial charge in [-0.1, -0.05) is 34.1 Å². The maximum atomic E-state index is 13.2. The third kappa shape index (κ3) is 4.61. The van der Waals surface area contributed by atoms with E-state index in [-0.39, 0.29) is 6.04 Å². The first-order valence-electron chi connectivity index (χ1n) is 11.1. The highest BCUT2D eigenvalue weighted by Gasteiger charge is 2.30. The molecule has 34 heavy (non-hydrogen) atoms. The van der Waals surface area contributed by atoms with Crippen molar-refractivity contribution in [3.05, 3.63) is 55.1 Å². The molecule has 0 saturated carbocycles. The molecule has 3 aromatic rings. The molecule has 1 fully saturated rings. The maximum Gasteiger partial charge on any atom is 0.407 e. The number of alkyl carbamates (subject to hydrolysis) is 1. The first-order chi connectivity index (χ1) is 16.0. The molecule has 1 unspecified atom stereocenters. The van der Waals surface area contributed by atoms with E-state index in [1.165, 1.54) is 11.6 Å². The van der Waals surface area contributed by atoms with Crippen molar-refractivity contribution >= 4 is 39.1 Å². The normalized spacial score (nSPS) is 16.3. The van der Waals surface area contributed by atoms with Crippen molar-refractivity contribution in [2.45, 2.75) is 45.4 Å². The molecular weight excluding hydrogens is 504 g/mol. The van der Waals surface area contributed by atoms with Gasteiger partial charge in [0.25, 0.3) is 5.56 Å². The van der Waals surface area contributed by atoms with Crippen molar-refractivity contribution in [3.8, 4) is 0 Å². The molecular formula is C23H29BrN6O4. The SMILES string of the molecule is Cn1c(=O)c2c(nc(N3CCC(NC(=O)OC(C)(C)C)C3)n2Cc2ccccc2Br)n(C)c1=O. The second kappa shape index (κ2) is 8.94. The largest absolute Gasteiger partial charge is 0.444 e. The van der Waals surface area contributed by atoms with E-state index in [9.17, 15) is 14.4 Å². The lowest BCUT2D eigenvalue weighted by molar-refractivity contribution is 0.0509. The average molecular weight is 533 g/mol. The molecule has 2 aromatic heterocycles. The Morgan fingerprint density at radius 2 is 1.91 bits per heavy atom. The number of imidazole rings is 1. The van der Waals surface area contributed by atoms with Crippen LogP contribution in [0.1, 0.15) is 32.8 Å². The van der Waals surface area contributed by atoms with Gasteiger partial charge in [0.1, 0.15) is 5.60 Å². The number of hydrogen-bond donors (Lipinski definition) is 1. The van der Waals surface area contributed by atoms with Crippen molar-refractivity contribution in [1.82, 2.24) is 24.0 Å². The van der Waals surface area contributed by atoms with E-state index < -0.39 is 22.9 Å². The second-order valence-corrected chi connectivity index (χ2v) is 10.4. The van der Waals surface area contributed by atoms with E-state index in [1.54, 1.807) is 7.05 Å². The lowest BCUT2D eigenvalue weighted by Crippen LogP contribution is -2.40. The number of fused-ring (bicyclic) bond motifs is 1. The minimum atomic E-state index is -0.579. The van der Waals surface area contributed by atoms with Gasteiger partial charge < -0.3 is 15.0 Å². The molecule has 3 heterocycles. The second-order valence-electron chi connectivity index (χ2n) is 9.55. The van der Waals surface area contributed by atoms with Gasteiger partial charge in [0.2, 0.25) is 5.95 Å². The first kappa shape index (κ1) is 24.1. The Bertz CT molecular complexity index is 1370. The van der Waals surface area contributed by atoms with Crippen LogP contribution < -0.4 is 21.5 Å². The highest BCUT2D eigenvalue weighted by atomic mass is 79.9. The number of nitrogens with one attached hydrogen (secondary N) is 1. The topological polar surface area (TPSA) is 103 Å². The number of aryl methyl sites for hydroxylation is 1. The van der Waals surface area contributed by atoms with Crippen molar-refractivity contribution < 1.29 is 9.53 Å². The molecule has 1 aromatic carbocycles. The van der Waals surface area contributed by atoms with Crippen molar-refractivity contribution in [1.29, 1.82) is 0 Å². The average Bonchev–Trinajstić information content (AvgIpc) is 3.35. The summed E-state index contributed by atoms with van der Waals surface area (Å²) in [5.74, 6) is 0.581. The summed E-state index contributed by atoms with van der Waals surface area (Å²) in [7, 11) is 3.08. The number of amides is 1. The van der Waals surface area contributed by atoms with Crippen LogP contribution in [0.15, 0.2) is 38.3 Å². The van der Waals surface area contributed by atoms with E-state index in [0.29, 0.717) is 43.2 Å². The number of ether oxygens (including phenoxy) is 1. The van der Waals surface area contributed by atoms with Gasteiger partial charge in [0.15, 0.2) is 11.2 Å². The summed E-state index contributed by atoms with van der Waals surface area (Å²) in [5, 5.41) is 2.92. The summed E-state index contributed by atoms with van der Waals surface area (Å²) in [5.41, 5.74) is 0.260. The van der Waals surface area contributed by atoms with Crippen molar-refractivity contribution in [2.75, 3.05) is 18.0 Å². The standard InChI is InChI=1S/C23H29BrN6O4/c1-23(2,3)34-21(32)25-15-10-11-29(13-15)20-26-18-17(19(31)28(5)22(33)27(18)4)30(20)12-14-8-6-7-9-16(14)24/h6-9,15H,10-13H2,1-5H3,(H,25,32). The van der Waals surface area contributed by atoms with Gasteiger partial charge in [0, 0.05) is 31.7 Å². The van der Waals surface area contributed by atoms with Gasteiger partial charge >= 0.3 is 11.8 Å². The zero-order chi connectivity index (χ0) is 24.8. The van der Waals surface area contributed by atoms with Crippen molar-refractivity contribution in [3.63, 3.8) is 0 Å². The summed E-state index contributed by atoms with van der Waals surface area (Å²) in [6.07, 6.45) is 0.242. The fraction of sp³-hybridized carbons (Fsp3) is 0.478. The highest BCUT2D eigenvalue weighted by molar-refractivity contribution is 9.10. The van der Waals surface area contributed by atoms with Crippen LogP contribution in [0.2, 0.25) is 0 Å². The molecule has 1 N–H and O–H groups in total. The predicted molar refractivity (Wildman–Crippen MR) is 133 cm³/mol. The Hall–Kier alpha value is -3.08. The van der Waals surface area contributed by atoms with Crippen LogP contribution in [0.25, 0.3) is 11.2 Å². The molecule has 1 aliphatic rings. The van der Waals surface area contributed by atoms with Crippen LogP contribution in [-0.2, 0) is 25.4 Å². The quantitative estimate of drug-likeness (QED) is 0.553. The summed E-state index contributed by atoms with van der Waals surface area (Å²) < 4.78 is 10.6. The Balaban J connectivity index is 1.74. The third-order valence-corrected chi connectivity index (χ3v) is 6.58. The lowest BCUT2D eigenvalue weighted by atomic mass is 10.2. The van der Waals surface area contributed by atoms with Crippen LogP contribution in [0.3, 0.4) is 0 Å². The summed E-state index contributed by atoms with van der Waals surface area (Å²) in [6.45, 7) is 7.00. The number of rotatable bonds is 4. The van der Waals surface area contributed by atoms with Gasteiger partial charge in [-0.3, -0.25) is 18.5 Å². The van der Waals surface area contributed by atoms with Crippen LogP contribution in [0.5, 0.6) is 0 Å². The number of benzene rings is 1. The first-order valence-corrected chi connectivity index (χ1v) is 11.9. The molecule has 11 heteroatoms. The third-order valence-electron chi connectivity index (χ3n) is 5.81. The molecule has 0 spiro atoms. The van der Waals surface area contributed by atoms with E-state index in [2.05, 4.69) is 21.2 Å². The minimum Gasteiger partial charge on any atom is -0.444 e. The number of anilines is 1. The van der Waals surface area contributed by atoms with Crippen molar-refractivity contribution in [2.24, 2.45) is 14.1 Å². The molecule has 1 amide bonds. The zero-order valence-electron chi connectivity index (χ0n) is 20.0. The lowest BCUT2D eigenvalue weighted by Gasteiger charge is -2.22. The number of aromatic nitrogens is 4. The predicted octanol–water partition coefficient (Wildman–Crippen LogP) is 2.35. The molecule has 10 nitrogen and oxygen atoms in total. The number of nitrogens with zero attached hydrogens (tertiary/aromatic N) is 5. The van der Waals surface area contributed by atoms with Gasteiger partial charge in [-0.25, -0.2) is 9.59 Å². The van der Waals surface area contributed by atoms with E-state index in [4.69, 9.17) is 9.72 Å². The molecule has 0 bridgehead atoms. The molecule has 0 aliphatic carbocycles. The van der Waals surface area contributed by atoms with E-state index in [1.807, 2.05) is 54.5 Å².